The number of piperidine rings is 1. The van der Waals surface area contributed by atoms with Gasteiger partial charge in [0.2, 0.25) is 5.28 Å². The second-order valence-electron chi connectivity index (χ2n) is 5.44. The fourth-order valence-electron chi connectivity index (χ4n) is 3.51. The summed E-state index contributed by atoms with van der Waals surface area (Å²) in [5.41, 5.74) is -1.21. The number of halogens is 2. The summed E-state index contributed by atoms with van der Waals surface area (Å²) in [5, 5.41) is 3.19. The summed E-state index contributed by atoms with van der Waals surface area (Å²) in [6.45, 7) is 1.61. The lowest BCUT2D eigenvalue weighted by molar-refractivity contribution is -0.145. The number of rotatable bonds is 2. The molecule has 1 aliphatic heterocycles. The number of hydrogen-bond acceptors (Lipinski definition) is 5. The van der Waals surface area contributed by atoms with Crippen LogP contribution in [-0.2, 0) is 14.9 Å². The van der Waals surface area contributed by atoms with Gasteiger partial charge in [0, 0.05) is 0 Å². The molecule has 1 aromatic rings. The van der Waals surface area contributed by atoms with E-state index in [1.807, 2.05) is 0 Å². The highest BCUT2D eigenvalue weighted by Crippen LogP contribution is 2.69. The van der Waals surface area contributed by atoms with Gasteiger partial charge < -0.3 is 10.1 Å². The minimum atomic E-state index is -1.01. The third kappa shape index (κ3) is 1.74. The SMILES string of the molecule is COC(=O)C1(c2nc(Cl)ncc2F)CC12CCNCC2. The van der Waals surface area contributed by atoms with Crippen molar-refractivity contribution in [1.29, 1.82) is 0 Å². The molecule has 1 atom stereocenters. The summed E-state index contributed by atoms with van der Waals surface area (Å²) in [7, 11) is 1.32. The van der Waals surface area contributed by atoms with Gasteiger partial charge in [-0.1, -0.05) is 0 Å². The van der Waals surface area contributed by atoms with Crippen LogP contribution in [0.5, 0.6) is 0 Å². The van der Waals surface area contributed by atoms with Crippen LogP contribution in [0.3, 0.4) is 0 Å². The number of nitrogens with one attached hydrogen (secondary N) is 1. The second-order valence-corrected chi connectivity index (χ2v) is 5.78. The van der Waals surface area contributed by atoms with Crippen molar-refractivity contribution in [2.24, 2.45) is 5.41 Å². The molecule has 1 saturated carbocycles. The van der Waals surface area contributed by atoms with Crippen molar-refractivity contribution in [3.05, 3.63) is 23.0 Å². The van der Waals surface area contributed by atoms with E-state index >= 15 is 0 Å². The highest BCUT2D eigenvalue weighted by atomic mass is 35.5. The highest BCUT2D eigenvalue weighted by molar-refractivity contribution is 6.28. The van der Waals surface area contributed by atoms with Gasteiger partial charge in [-0.3, -0.25) is 4.79 Å². The van der Waals surface area contributed by atoms with Crippen LogP contribution < -0.4 is 5.32 Å². The van der Waals surface area contributed by atoms with E-state index in [9.17, 15) is 9.18 Å². The van der Waals surface area contributed by atoms with Gasteiger partial charge in [-0.2, -0.15) is 0 Å². The molecule has 1 saturated heterocycles. The number of aromatic nitrogens is 2. The Bertz CT molecular complexity index is 563. The number of carbonyl (C=O) groups excluding carboxylic acids is 1. The Labute approximate surface area is 120 Å². The molecular formula is C13H15ClFN3O2. The molecule has 1 N–H and O–H groups in total. The molecule has 1 spiro atoms. The van der Waals surface area contributed by atoms with Crippen molar-refractivity contribution in [1.82, 2.24) is 15.3 Å². The average molecular weight is 300 g/mol. The van der Waals surface area contributed by atoms with E-state index in [1.54, 1.807) is 0 Å². The topological polar surface area (TPSA) is 64.1 Å². The van der Waals surface area contributed by atoms with Crippen molar-refractivity contribution in [3.8, 4) is 0 Å². The lowest BCUT2D eigenvalue weighted by Gasteiger charge is -2.28. The molecule has 0 aromatic carbocycles. The average Bonchev–Trinajstić information content (AvgIpc) is 3.10. The number of methoxy groups -OCH3 is 1. The summed E-state index contributed by atoms with van der Waals surface area (Å²) in [6.07, 6.45) is 3.16. The third-order valence-corrected chi connectivity index (χ3v) is 4.78. The molecule has 2 aliphatic rings. The van der Waals surface area contributed by atoms with Crippen molar-refractivity contribution in [2.45, 2.75) is 24.7 Å². The number of esters is 1. The predicted molar refractivity (Wildman–Crippen MR) is 69.8 cm³/mol. The molecule has 3 rings (SSSR count). The Hall–Kier alpha value is -1.27. The smallest absolute Gasteiger partial charge is 0.318 e. The standard InChI is InChI=1S/C13H15ClFN3O2/c1-20-10(19)13(7-12(13)2-4-16-5-3-12)9-8(15)6-17-11(14)18-9/h6,16H,2-5,7H2,1H3. The van der Waals surface area contributed by atoms with Gasteiger partial charge in [0.05, 0.1) is 19.0 Å². The molecule has 7 heteroatoms. The summed E-state index contributed by atoms with van der Waals surface area (Å²) in [4.78, 5) is 19.9. The lowest BCUT2D eigenvalue weighted by Crippen LogP contribution is -2.38. The summed E-state index contributed by atoms with van der Waals surface area (Å²) in [6, 6.07) is 0. The molecule has 1 aromatic heterocycles. The molecule has 0 bridgehead atoms. The first-order valence-electron chi connectivity index (χ1n) is 6.53. The second kappa shape index (κ2) is 4.63. The first-order chi connectivity index (χ1) is 9.56. The van der Waals surface area contributed by atoms with Crippen molar-refractivity contribution in [2.75, 3.05) is 20.2 Å². The molecule has 0 amide bonds. The van der Waals surface area contributed by atoms with Gasteiger partial charge in [0.1, 0.15) is 5.41 Å². The molecule has 1 aliphatic carbocycles. The van der Waals surface area contributed by atoms with Crippen LogP contribution in [0, 0.1) is 11.2 Å². The molecule has 1 unspecified atom stereocenters. The first kappa shape index (κ1) is 13.7. The zero-order chi connectivity index (χ0) is 14.4. The summed E-state index contributed by atoms with van der Waals surface area (Å²) >= 11 is 5.77. The highest BCUT2D eigenvalue weighted by Gasteiger charge is 2.74. The zero-order valence-electron chi connectivity index (χ0n) is 11.1. The van der Waals surface area contributed by atoms with Gasteiger partial charge in [0.15, 0.2) is 5.82 Å². The molecule has 5 nitrogen and oxygen atoms in total. The minimum absolute atomic E-state index is 0.0549. The Kier molecular flexibility index (Phi) is 3.17. The predicted octanol–water partition coefficient (Wildman–Crippen LogP) is 1.45. The number of nitrogens with zero attached hydrogens (tertiary/aromatic N) is 2. The van der Waals surface area contributed by atoms with E-state index in [-0.39, 0.29) is 16.4 Å². The van der Waals surface area contributed by atoms with Crippen LogP contribution in [0.2, 0.25) is 5.28 Å². The van der Waals surface area contributed by atoms with Crippen LogP contribution in [-0.4, -0.2) is 36.1 Å². The Morgan fingerprint density at radius 1 is 1.50 bits per heavy atom. The van der Waals surface area contributed by atoms with Crippen LogP contribution in [0.15, 0.2) is 6.20 Å². The summed E-state index contributed by atoms with van der Waals surface area (Å²) < 4.78 is 19.1. The quantitative estimate of drug-likeness (QED) is 0.661. The Morgan fingerprint density at radius 2 is 2.20 bits per heavy atom. The molecule has 2 fully saturated rings. The van der Waals surface area contributed by atoms with Gasteiger partial charge in [-0.25, -0.2) is 14.4 Å². The maximum absolute atomic E-state index is 14.1. The Balaban J connectivity index is 2.09. The number of carbonyl (C=O) groups is 1. The van der Waals surface area contributed by atoms with E-state index in [1.165, 1.54) is 7.11 Å². The van der Waals surface area contributed by atoms with E-state index in [4.69, 9.17) is 16.3 Å². The van der Waals surface area contributed by atoms with Crippen LogP contribution in [0.25, 0.3) is 0 Å². The molecular weight excluding hydrogens is 285 g/mol. The number of ether oxygens (including phenoxy) is 1. The fraction of sp³-hybridized carbons (Fsp3) is 0.615. The van der Waals surface area contributed by atoms with Crippen LogP contribution in [0.1, 0.15) is 25.0 Å². The first-order valence-corrected chi connectivity index (χ1v) is 6.91. The maximum atomic E-state index is 14.1. The van der Waals surface area contributed by atoms with E-state index in [0.717, 1.165) is 32.1 Å². The van der Waals surface area contributed by atoms with Crippen molar-refractivity contribution in [3.63, 3.8) is 0 Å². The van der Waals surface area contributed by atoms with Crippen LogP contribution in [0.4, 0.5) is 4.39 Å². The largest absolute Gasteiger partial charge is 0.468 e. The van der Waals surface area contributed by atoms with Gasteiger partial charge >= 0.3 is 5.97 Å². The van der Waals surface area contributed by atoms with E-state index < -0.39 is 17.2 Å². The number of hydrogen-bond donors (Lipinski definition) is 1. The van der Waals surface area contributed by atoms with Gasteiger partial charge in [-0.05, 0) is 49.4 Å². The zero-order valence-corrected chi connectivity index (χ0v) is 11.8. The monoisotopic (exact) mass is 299 g/mol. The molecule has 2 heterocycles. The van der Waals surface area contributed by atoms with Crippen molar-refractivity contribution >= 4 is 17.6 Å². The minimum Gasteiger partial charge on any atom is -0.468 e. The van der Waals surface area contributed by atoms with Gasteiger partial charge in [-0.15, -0.1) is 0 Å². The normalized spacial score (nSPS) is 27.4. The Morgan fingerprint density at radius 3 is 2.85 bits per heavy atom. The summed E-state index contributed by atoms with van der Waals surface area (Å²) in [5.74, 6) is -1.04. The maximum Gasteiger partial charge on any atom is 0.318 e. The van der Waals surface area contributed by atoms with Gasteiger partial charge in [0.25, 0.3) is 0 Å². The molecule has 0 radical (unpaired) electrons. The van der Waals surface area contributed by atoms with Crippen LogP contribution >= 0.6 is 11.6 Å². The third-order valence-electron chi connectivity index (χ3n) is 4.60. The van der Waals surface area contributed by atoms with E-state index in [2.05, 4.69) is 15.3 Å². The van der Waals surface area contributed by atoms with E-state index in [0.29, 0.717) is 6.42 Å². The fourth-order valence-corrected chi connectivity index (χ4v) is 3.64. The molecule has 20 heavy (non-hydrogen) atoms. The lowest BCUT2D eigenvalue weighted by atomic mass is 9.82. The van der Waals surface area contributed by atoms with Crippen molar-refractivity contribution < 1.29 is 13.9 Å². The molecule has 108 valence electrons.